The van der Waals surface area contributed by atoms with E-state index in [-0.39, 0.29) is 25.0 Å². The molecule has 2 heterocycles. The molecule has 1 fully saturated rings. The molecule has 1 aromatic rings. The number of primary amides is 1. The standard InChI is InChI=1S/C18H20F3N3O2/c1-11-9-17(20,21)6-4-12(11)18(15(19)3-2-7-24-18)13-5-8-23-10-14(13)26-16(22)25/h2-3,5,7-8,10-12,24H,4,6,9H2,1H3,(H2,22,25). The van der Waals surface area contributed by atoms with Crippen LogP contribution in [-0.4, -0.2) is 17.0 Å². The number of nitrogens with one attached hydrogen (secondary N) is 1. The van der Waals surface area contributed by atoms with Crippen molar-refractivity contribution in [2.75, 3.05) is 0 Å². The molecule has 0 saturated heterocycles. The second-order valence-corrected chi connectivity index (χ2v) is 6.80. The molecule has 0 radical (unpaired) electrons. The van der Waals surface area contributed by atoms with Gasteiger partial charge in [0.25, 0.3) is 0 Å². The number of hydrogen-bond donors (Lipinski definition) is 2. The van der Waals surface area contributed by atoms with Crippen LogP contribution in [-0.2, 0) is 5.54 Å². The zero-order valence-electron chi connectivity index (χ0n) is 14.2. The third kappa shape index (κ3) is 3.15. The van der Waals surface area contributed by atoms with Crippen molar-refractivity contribution in [3.8, 4) is 5.75 Å². The number of dihydropyridines is 1. The molecule has 3 unspecified atom stereocenters. The highest BCUT2D eigenvalue weighted by Crippen LogP contribution is 2.52. The number of nitrogens with two attached hydrogens (primary N) is 1. The van der Waals surface area contributed by atoms with Crippen LogP contribution in [0.25, 0.3) is 0 Å². The molecule has 0 bridgehead atoms. The molecule has 140 valence electrons. The number of ether oxygens (including phenoxy) is 1. The van der Waals surface area contributed by atoms with Crippen LogP contribution in [0.4, 0.5) is 18.0 Å². The highest BCUT2D eigenvalue weighted by atomic mass is 19.3. The Morgan fingerprint density at radius 2 is 2.23 bits per heavy atom. The monoisotopic (exact) mass is 367 g/mol. The molecule has 0 spiro atoms. The van der Waals surface area contributed by atoms with E-state index < -0.39 is 35.2 Å². The molecule has 1 aliphatic heterocycles. The van der Waals surface area contributed by atoms with E-state index in [0.29, 0.717) is 5.56 Å². The number of allylic oxidation sites excluding steroid dienone is 2. The zero-order chi connectivity index (χ0) is 18.9. The highest BCUT2D eigenvalue weighted by Gasteiger charge is 2.53. The average Bonchev–Trinajstić information content (AvgIpc) is 2.55. The molecule has 5 nitrogen and oxygen atoms in total. The van der Waals surface area contributed by atoms with Crippen LogP contribution in [0.15, 0.2) is 42.6 Å². The van der Waals surface area contributed by atoms with Gasteiger partial charge in [-0.2, -0.15) is 0 Å². The number of halogens is 3. The fraction of sp³-hybridized carbons (Fsp3) is 0.444. The first-order valence-electron chi connectivity index (χ1n) is 8.36. The van der Waals surface area contributed by atoms with Gasteiger partial charge in [-0.05, 0) is 42.7 Å². The fourth-order valence-electron chi connectivity index (χ4n) is 4.11. The molecule has 1 saturated carbocycles. The summed E-state index contributed by atoms with van der Waals surface area (Å²) in [6, 6.07) is 1.51. The number of rotatable bonds is 3. The Balaban J connectivity index is 2.12. The number of pyridine rings is 1. The van der Waals surface area contributed by atoms with Crippen LogP contribution in [0.1, 0.15) is 31.7 Å². The van der Waals surface area contributed by atoms with Gasteiger partial charge >= 0.3 is 6.09 Å². The van der Waals surface area contributed by atoms with Crippen molar-refractivity contribution in [3.63, 3.8) is 0 Å². The number of aromatic nitrogens is 1. The molecular weight excluding hydrogens is 347 g/mol. The van der Waals surface area contributed by atoms with E-state index in [1.807, 2.05) is 0 Å². The van der Waals surface area contributed by atoms with Crippen LogP contribution in [0.3, 0.4) is 0 Å². The molecule has 3 atom stereocenters. The van der Waals surface area contributed by atoms with Gasteiger partial charge in [0, 0.05) is 24.6 Å². The lowest BCUT2D eigenvalue weighted by Gasteiger charge is -2.47. The molecule has 2 aliphatic rings. The molecule has 0 aromatic carbocycles. The topological polar surface area (TPSA) is 77.2 Å². The van der Waals surface area contributed by atoms with Crippen molar-refractivity contribution in [2.45, 2.75) is 37.6 Å². The Hall–Kier alpha value is -2.51. The number of nitrogens with zero attached hydrogens (tertiary/aromatic N) is 1. The summed E-state index contributed by atoms with van der Waals surface area (Å²) >= 11 is 0. The Kier molecular flexibility index (Phi) is 4.68. The van der Waals surface area contributed by atoms with Gasteiger partial charge in [0.05, 0.1) is 6.20 Å². The van der Waals surface area contributed by atoms with E-state index in [1.54, 1.807) is 13.1 Å². The first-order chi connectivity index (χ1) is 12.3. The summed E-state index contributed by atoms with van der Waals surface area (Å²) in [6.07, 6.45) is 5.39. The van der Waals surface area contributed by atoms with Crippen molar-refractivity contribution in [1.29, 1.82) is 0 Å². The predicted octanol–water partition coefficient (Wildman–Crippen LogP) is 3.78. The lowest BCUT2D eigenvalue weighted by atomic mass is 9.64. The smallest absolute Gasteiger partial charge is 0.408 e. The second-order valence-electron chi connectivity index (χ2n) is 6.80. The molecule has 1 aliphatic carbocycles. The normalized spacial score (nSPS) is 30.2. The summed E-state index contributed by atoms with van der Waals surface area (Å²) in [6.45, 7) is 1.68. The lowest BCUT2D eigenvalue weighted by molar-refractivity contribution is -0.0792. The van der Waals surface area contributed by atoms with Crippen LogP contribution in [0.2, 0.25) is 0 Å². The highest BCUT2D eigenvalue weighted by molar-refractivity contribution is 5.69. The van der Waals surface area contributed by atoms with E-state index in [2.05, 4.69) is 10.3 Å². The largest absolute Gasteiger partial charge is 0.410 e. The van der Waals surface area contributed by atoms with E-state index in [1.165, 1.54) is 30.6 Å². The first-order valence-corrected chi connectivity index (χ1v) is 8.36. The zero-order valence-corrected chi connectivity index (χ0v) is 14.2. The van der Waals surface area contributed by atoms with Crippen LogP contribution in [0, 0.1) is 11.8 Å². The molecular formula is C18H20F3N3O2. The minimum Gasteiger partial charge on any atom is -0.408 e. The maximum atomic E-state index is 15.2. The Labute approximate surface area is 149 Å². The summed E-state index contributed by atoms with van der Waals surface area (Å²) in [5, 5.41) is 3.01. The fourth-order valence-corrected chi connectivity index (χ4v) is 4.11. The van der Waals surface area contributed by atoms with Crippen molar-refractivity contribution in [3.05, 3.63) is 48.2 Å². The second kappa shape index (κ2) is 6.66. The number of hydrogen-bond acceptors (Lipinski definition) is 4. The predicted molar refractivity (Wildman–Crippen MR) is 89.0 cm³/mol. The van der Waals surface area contributed by atoms with E-state index in [0.717, 1.165) is 0 Å². The molecule has 1 aromatic heterocycles. The summed E-state index contributed by atoms with van der Waals surface area (Å²) < 4.78 is 47.9. The third-order valence-corrected chi connectivity index (χ3v) is 5.13. The van der Waals surface area contributed by atoms with Gasteiger partial charge in [0.2, 0.25) is 5.92 Å². The summed E-state index contributed by atoms with van der Waals surface area (Å²) in [5.41, 5.74) is 3.98. The molecule has 1 amide bonds. The molecule has 8 heteroatoms. The third-order valence-electron chi connectivity index (χ3n) is 5.13. The van der Waals surface area contributed by atoms with Gasteiger partial charge in [-0.15, -0.1) is 0 Å². The lowest BCUT2D eigenvalue weighted by Crippen LogP contribution is -2.53. The van der Waals surface area contributed by atoms with E-state index >= 15 is 4.39 Å². The van der Waals surface area contributed by atoms with Crippen molar-refractivity contribution < 1.29 is 22.7 Å². The minimum atomic E-state index is -2.77. The summed E-state index contributed by atoms with van der Waals surface area (Å²) in [5.74, 6) is -4.28. The summed E-state index contributed by atoms with van der Waals surface area (Å²) in [7, 11) is 0. The number of alkyl halides is 2. The quantitative estimate of drug-likeness (QED) is 0.852. The van der Waals surface area contributed by atoms with Crippen molar-refractivity contribution in [2.24, 2.45) is 17.6 Å². The molecule has 3 rings (SSSR count). The Morgan fingerprint density at radius 3 is 2.88 bits per heavy atom. The summed E-state index contributed by atoms with van der Waals surface area (Å²) in [4.78, 5) is 15.1. The van der Waals surface area contributed by atoms with E-state index in [9.17, 15) is 13.6 Å². The minimum absolute atomic E-state index is 0.00381. The van der Waals surface area contributed by atoms with Gasteiger partial charge in [-0.3, -0.25) is 4.98 Å². The number of carbonyl (C=O) groups excluding carboxylic acids is 1. The van der Waals surface area contributed by atoms with Crippen LogP contribution in [0.5, 0.6) is 5.75 Å². The van der Waals surface area contributed by atoms with E-state index in [4.69, 9.17) is 10.5 Å². The van der Waals surface area contributed by atoms with Gasteiger partial charge in [0.1, 0.15) is 11.4 Å². The molecule has 3 N–H and O–H groups in total. The van der Waals surface area contributed by atoms with Gasteiger partial charge < -0.3 is 15.8 Å². The number of carbonyl (C=O) groups is 1. The molecule has 26 heavy (non-hydrogen) atoms. The average molecular weight is 367 g/mol. The van der Waals surface area contributed by atoms with Gasteiger partial charge in [-0.1, -0.05) is 6.92 Å². The van der Waals surface area contributed by atoms with Crippen LogP contribution >= 0.6 is 0 Å². The SMILES string of the molecule is CC1CC(F)(F)CCC1C1(c2ccncc2OC(N)=O)NC=CC=C1F. The van der Waals surface area contributed by atoms with Crippen molar-refractivity contribution >= 4 is 6.09 Å². The maximum Gasteiger partial charge on any atom is 0.410 e. The Bertz CT molecular complexity index is 766. The van der Waals surface area contributed by atoms with Gasteiger partial charge in [-0.25, -0.2) is 18.0 Å². The van der Waals surface area contributed by atoms with Crippen LogP contribution < -0.4 is 15.8 Å². The number of amides is 1. The van der Waals surface area contributed by atoms with Crippen molar-refractivity contribution in [1.82, 2.24) is 10.3 Å². The maximum absolute atomic E-state index is 15.2. The first kappa shape index (κ1) is 18.3. The van der Waals surface area contributed by atoms with Gasteiger partial charge in [0.15, 0.2) is 5.75 Å². The Morgan fingerprint density at radius 1 is 1.46 bits per heavy atom.